The second-order valence-corrected chi connectivity index (χ2v) is 7.99. The summed E-state index contributed by atoms with van der Waals surface area (Å²) in [6, 6.07) is 4.60. The molecule has 3 rings (SSSR count). The number of benzene rings is 1. The third-order valence-electron chi connectivity index (χ3n) is 3.40. The highest BCUT2D eigenvalue weighted by Gasteiger charge is 2.10. The molecule has 0 aliphatic heterocycles. The summed E-state index contributed by atoms with van der Waals surface area (Å²) in [5.74, 6) is 2.70. The van der Waals surface area contributed by atoms with Gasteiger partial charge in [-0.1, -0.05) is 29.9 Å². The summed E-state index contributed by atoms with van der Waals surface area (Å²) < 4.78 is 11.6. The molecule has 0 aliphatic rings. The fourth-order valence-corrected chi connectivity index (χ4v) is 4.08. The van der Waals surface area contributed by atoms with Crippen LogP contribution in [-0.4, -0.2) is 23.1 Å². The van der Waals surface area contributed by atoms with Crippen LogP contribution in [0.15, 0.2) is 39.2 Å². The van der Waals surface area contributed by atoms with Crippen molar-refractivity contribution in [3.05, 3.63) is 47.3 Å². The molecule has 2 heterocycles. The van der Waals surface area contributed by atoms with Crippen LogP contribution in [0.5, 0.6) is 5.75 Å². The van der Waals surface area contributed by atoms with Crippen LogP contribution < -0.4 is 15.4 Å². The Morgan fingerprint density at radius 1 is 1.33 bits per heavy atom. The van der Waals surface area contributed by atoms with E-state index in [1.54, 1.807) is 42.4 Å². The number of hydrogen-bond donors (Lipinski definition) is 2. The van der Waals surface area contributed by atoms with Crippen molar-refractivity contribution in [1.29, 1.82) is 0 Å². The van der Waals surface area contributed by atoms with Crippen molar-refractivity contribution in [3.8, 4) is 5.75 Å². The molecule has 1 aromatic carbocycles. The van der Waals surface area contributed by atoms with Gasteiger partial charge >= 0.3 is 6.03 Å². The fraction of sp³-hybridized carbons (Fsp3) is 0.235. The Morgan fingerprint density at radius 3 is 2.89 bits per heavy atom. The lowest BCUT2D eigenvalue weighted by Gasteiger charge is -2.08. The van der Waals surface area contributed by atoms with Gasteiger partial charge in [-0.2, -0.15) is 0 Å². The molecule has 7 nitrogen and oxygen atoms in total. The Labute approximate surface area is 169 Å². The molecule has 10 heteroatoms. The molecule has 2 amide bonds. The van der Waals surface area contributed by atoms with Crippen molar-refractivity contribution < 1.29 is 13.9 Å². The van der Waals surface area contributed by atoms with E-state index in [9.17, 15) is 4.79 Å². The monoisotopic (exact) mass is 424 g/mol. The molecule has 2 N–H and O–H groups in total. The smallest absolute Gasteiger partial charge is 0.325 e. The number of oxazole rings is 1. The summed E-state index contributed by atoms with van der Waals surface area (Å²) in [7, 11) is 1.53. The van der Waals surface area contributed by atoms with Crippen molar-refractivity contribution in [2.75, 3.05) is 17.7 Å². The van der Waals surface area contributed by atoms with Gasteiger partial charge in [0, 0.05) is 12.1 Å². The van der Waals surface area contributed by atoms with E-state index in [1.165, 1.54) is 18.4 Å². The van der Waals surface area contributed by atoms with Gasteiger partial charge in [0.2, 0.25) is 5.89 Å². The van der Waals surface area contributed by atoms with Gasteiger partial charge < -0.3 is 14.5 Å². The minimum absolute atomic E-state index is 0.401. The quantitative estimate of drug-likeness (QED) is 0.501. The van der Waals surface area contributed by atoms with Crippen LogP contribution in [0.2, 0.25) is 5.02 Å². The maximum absolute atomic E-state index is 12.1. The van der Waals surface area contributed by atoms with Crippen LogP contribution in [0.4, 0.5) is 15.6 Å². The molecular formula is C17H17ClN4O3S2. The standard InChI is InChI=1S/C17H17ClN4O3S2/c1-3-11-7-19-14(25-11)9-26-15-8-20-17(27-15)22-16(23)21-10-4-5-13(24-2)12(18)6-10/h4-8H,3,9H2,1-2H3,(H2,20,21,22,23). The molecule has 3 aromatic rings. The Balaban J connectivity index is 1.52. The number of carbonyl (C=O) groups is 1. The van der Waals surface area contributed by atoms with E-state index in [0.29, 0.717) is 33.2 Å². The summed E-state index contributed by atoms with van der Waals surface area (Å²) in [6.07, 6.45) is 4.27. The summed E-state index contributed by atoms with van der Waals surface area (Å²) in [6.45, 7) is 2.02. The zero-order valence-corrected chi connectivity index (χ0v) is 17.0. The van der Waals surface area contributed by atoms with Crippen LogP contribution in [0.1, 0.15) is 18.6 Å². The van der Waals surface area contributed by atoms with Gasteiger partial charge in [-0.25, -0.2) is 14.8 Å². The zero-order valence-electron chi connectivity index (χ0n) is 14.6. The van der Waals surface area contributed by atoms with E-state index in [4.69, 9.17) is 20.8 Å². The van der Waals surface area contributed by atoms with E-state index < -0.39 is 6.03 Å². The predicted octanol–water partition coefficient (Wildman–Crippen LogP) is 5.29. The Hall–Kier alpha value is -2.23. The Bertz CT molecular complexity index is 929. The molecule has 0 fully saturated rings. The number of rotatable bonds is 7. The van der Waals surface area contributed by atoms with Crippen molar-refractivity contribution in [2.24, 2.45) is 0 Å². The minimum atomic E-state index is -0.401. The Kier molecular flexibility index (Phi) is 6.59. The first kappa shape index (κ1) is 19.5. The third-order valence-corrected chi connectivity index (χ3v) is 5.79. The summed E-state index contributed by atoms with van der Waals surface area (Å²) >= 11 is 8.98. The number of aryl methyl sites for hydroxylation is 1. The molecule has 0 atom stereocenters. The summed E-state index contributed by atoms with van der Waals surface area (Å²) in [5, 5.41) is 6.32. The van der Waals surface area contributed by atoms with Gasteiger partial charge in [0.05, 0.1) is 34.5 Å². The molecular weight excluding hydrogens is 408 g/mol. The maximum Gasteiger partial charge on any atom is 0.325 e. The van der Waals surface area contributed by atoms with Gasteiger partial charge in [-0.05, 0) is 18.2 Å². The van der Waals surface area contributed by atoms with Gasteiger partial charge in [0.1, 0.15) is 11.5 Å². The maximum atomic E-state index is 12.1. The summed E-state index contributed by atoms with van der Waals surface area (Å²) in [4.78, 5) is 20.5. The molecule has 142 valence electrons. The van der Waals surface area contributed by atoms with Crippen molar-refractivity contribution in [2.45, 2.75) is 23.3 Å². The van der Waals surface area contributed by atoms with Gasteiger partial charge in [0.25, 0.3) is 0 Å². The van der Waals surface area contributed by atoms with E-state index >= 15 is 0 Å². The van der Waals surface area contributed by atoms with Gasteiger partial charge in [-0.3, -0.25) is 5.32 Å². The molecule has 0 aliphatic carbocycles. The first-order valence-corrected chi connectivity index (χ1v) is 10.2. The van der Waals surface area contributed by atoms with Gasteiger partial charge in [0.15, 0.2) is 5.13 Å². The van der Waals surface area contributed by atoms with Crippen molar-refractivity contribution in [1.82, 2.24) is 9.97 Å². The van der Waals surface area contributed by atoms with E-state index in [2.05, 4.69) is 20.6 Å². The highest BCUT2D eigenvalue weighted by atomic mass is 35.5. The number of methoxy groups -OCH3 is 1. The lowest BCUT2D eigenvalue weighted by atomic mass is 10.3. The largest absolute Gasteiger partial charge is 0.495 e. The molecule has 0 radical (unpaired) electrons. The molecule has 0 saturated carbocycles. The van der Waals surface area contributed by atoms with Crippen LogP contribution in [-0.2, 0) is 12.2 Å². The van der Waals surface area contributed by atoms with Crippen molar-refractivity contribution >= 4 is 51.5 Å². The minimum Gasteiger partial charge on any atom is -0.495 e. The van der Waals surface area contributed by atoms with Gasteiger partial charge in [-0.15, -0.1) is 11.8 Å². The Morgan fingerprint density at radius 2 is 2.19 bits per heavy atom. The predicted molar refractivity (Wildman–Crippen MR) is 108 cm³/mol. The number of anilines is 2. The molecule has 0 bridgehead atoms. The van der Waals surface area contributed by atoms with Crippen molar-refractivity contribution in [3.63, 3.8) is 0 Å². The second-order valence-electron chi connectivity index (χ2n) is 5.28. The summed E-state index contributed by atoms with van der Waals surface area (Å²) in [5.41, 5.74) is 0.556. The topological polar surface area (TPSA) is 89.3 Å². The number of carbonyl (C=O) groups excluding carboxylic acids is 1. The second kappa shape index (κ2) is 9.12. The van der Waals surface area contributed by atoms with Crippen LogP contribution >= 0.6 is 34.7 Å². The highest BCUT2D eigenvalue weighted by Crippen LogP contribution is 2.31. The first-order chi connectivity index (χ1) is 13.1. The number of hydrogen-bond acceptors (Lipinski definition) is 7. The number of thioether (sulfide) groups is 1. The molecule has 0 spiro atoms. The number of aromatic nitrogens is 2. The van der Waals surface area contributed by atoms with Crippen LogP contribution in [0.25, 0.3) is 0 Å². The lowest BCUT2D eigenvalue weighted by Crippen LogP contribution is -2.19. The van der Waals surface area contributed by atoms with E-state index in [-0.39, 0.29) is 0 Å². The zero-order chi connectivity index (χ0) is 19.2. The highest BCUT2D eigenvalue weighted by molar-refractivity contribution is 8.00. The fourth-order valence-electron chi connectivity index (χ4n) is 2.10. The van der Waals surface area contributed by atoms with Crippen LogP contribution in [0.3, 0.4) is 0 Å². The number of nitrogens with one attached hydrogen (secondary N) is 2. The number of thiazole rings is 1. The normalized spacial score (nSPS) is 10.6. The SMILES string of the molecule is CCc1cnc(CSc2cnc(NC(=O)Nc3ccc(OC)c(Cl)c3)s2)o1. The third kappa shape index (κ3) is 5.38. The lowest BCUT2D eigenvalue weighted by molar-refractivity contribution is 0.262. The molecule has 2 aromatic heterocycles. The first-order valence-electron chi connectivity index (χ1n) is 8.01. The number of nitrogens with zero attached hydrogens (tertiary/aromatic N) is 2. The average Bonchev–Trinajstić information content (AvgIpc) is 3.29. The number of halogens is 1. The number of urea groups is 1. The average molecular weight is 425 g/mol. The number of amides is 2. The molecule has 0 saturated heterocycles. The molecule has 0 unspecified atom stereocenters. The van der Waals surface area contributed by atoms with E-state index in [0.717, 1.165) is 16.4 Å². The van der Waals surface area contributed by atoms with E-state index in [1.807, 2.05) is 6.92 Å². The molecule has 27 heavy (non-hydrogen) atoms. The van der Waals surface area contributed by atoms with Crippen LogP contribution in [0, 0.1) is 0 Å². The number of ether oxygens (including phenoxy) is 1.